The molecule has 0 saturated heterocycles. The Morgan fingerprint density at radius 1 is 0.909 bits per heavy atom. The van der Waals surface area contributed by atoms with Crippen LogP contribution in [0.1, 0.15) is 15.9 Å². The Labute approximate surface area is 188 Å². The number of nitrogen functional groups attached to an aromatic ring is 1. The summed E-state index contributed by atoms with van der Waals surface area (Å²) in [7, 11) is 0. The van der Waals surface area contributed by atoms with E-state index in [0.29, 0.717) is 34.8 Å². The molecular weight excluding hydrogens is 418 g/mol. The highest BCUT2D eigenvalue weighted by Gasteiger charge is 2.17. The fourth-order valence-corrected chi connectivity index (χ4v) is 3.57. The number of carboxylic acid groups (broad SMARTS) is 1. The van der Waals surface area contributed by atoms with Gasteiger partial charge in [-0.1, -0.05) is 30.3 Å². The number of hydrogen-bond acceptors (Lipinski definition) is 6. The van der Waals surface area contributed by atoms with E-state index in [1.165, 1.54) is 6.33 Å². The number of benzene rings is 3. The predicted octanol–water partition coefficient (Wildman–Crippen LogP) is 4.61. The van der Waals surface area contributed by atoms with Gasteiger partial charge in [0.15, 0.2) is 5.65 Å². The van der Waals surface area contributed by atoms with Crippen molar-refractivity contribution in [2.24, 2.45) is 0 Å². The number of anilines is 1. The SMILES string of the molecule is Nc1ncnc2c1c(-c1ccc(Oc3ccccc3)cc1)nn2Cc1ccc(C(=O)O)cc1. The van der Waals surface area contributed by atoms with Gasteiger partial charge in [-0.25, -0.2) is 19.4 Å². The van der Waals surface area contributed by atoms with Gasteiger partial charge in [-0.2, -0.15) is 5.10 Å². The molecule has 2 aromatic heterocycles. The van der Waals surface area contributed by atoms with E-state index in [4.69, 9.17) is 20.7 Å². The summed E-state index contributed by atoms with van der Waals surface area (Å²) < 4.78 is 7.62. The standard InChI is InChI=1S/C25H19N5O3/c26-23-21-22(17-10-12-20(13-11-17)33-19-4-2-1-3-5-19)29-30(24(21)28-15-27-23)14-16-6-8-18(9-7-16)25(31)32/h1-13,15H,14H2,(H,31,32)(H2,26,27,28). The lowest BCUT2D eigenvalue weighted by molar-refractivity contribution is 0.0697. The van der Waals surface area contributed by atoms with Gasteiger partial charge >= 0.3 is 5.97 Å². The zero-order valence-electron chi connectivity index (χ0n) is 17.4. The molecule has 0 amide bonds. The summed E-state index contributed by atoms with van der Waals surface area (Å²) in [5.74, 6) is 0.837. The van der Waals surface area contributed by atoms with Crippen molar-refractivity contribution < 1.29 is 14.6 Å². The van der Waals surface area contributed by atoms with Crippen LogP contribution in [0.3, 0.4) is 0 Å². The van der Waals surface area contributed by atoms with Gasteiger partial charge in [-0.15, -0.1) is 0 Å². The Kier molecular flexibility index (Phi) is 5.16. The molecule has 8 heteroatoms. The van der Waals surface area contributed by atoms with E-state index in [1.54, 1.807) is 28.9 Å². The molecule has 8 nitrogen and oxygen atoms in total. The molecule has 2 heterocycles. The molecule has 0 bridgehead atoms. The minimum atomic E-state index is -0.964. The summed E-state index contributed by atoms with van der Waals surface area (Å²) in [5.41, 5.74) is 9.42. The zero-order chi connectivity index (χ0) is 22.8. The predicted molar refractivity (Wildman–Crippen MR) is 124 cm³/mol. The maximum atomic E-state index is 11.1. The Morgan fingerprint density at radius 2 is 1.61 bits per heavy atom. The molecule has 0 unspecified atom stereocenters. The topological polar surface area (TPSA) is 116 Å². The van der Waals surface area contributed by atoms with E-state index in [0.717, 1.165) is 16.9 Å². The minimum absolute atomic E-state index is 0.231. The summed E-state index contributed by atoms with van der Waals surface area (Å²) in [5, 5.41) is 14.5. The Hall–Kier alpha value is -4.72. The Morgan fingerprint density at radius 3 is 2.30 bits per heavy atom. The average molecular weight is 437 g/mol. The molecule has 0 saturated carbocycles. The number of fused-ring (bicyclic) bond motifs is 1. The molecule has 5 rings (SSSR count). The normalized spacial score (nSPS) is 10.9. The number of aromatic carboxylic acids is 1. The molecule has 3 N–H and O–H groups in total. The summed E-state index contributed by atoms with van der Waals surface area (Å²) >= 11 is 0. The Balaban J connectivity index is 1.49. The third-order valence-electron chi connectivity index (χ3n) is 5.20. The minimum Gasteiger partial charge on any atom is -0.478 e. The first-order chi connectivity index (χ1) is 16.1. The second-order valence-corrected chi connectivity index (χ2v) is 7.41. The largest absolute Gasteiger partial charge is 0.478 e. The van der Waals surface area contributed by atoms with Crippen LogP contribution in [0.15, 0.2) is 85.2 Å². The van der Waals surface area contributed by atoms with Crippen molar-refractivity contribution in [3.63, 3.8) is 0 Å². The highest BCUT2D eigenvalue weighted by Crippen LogP contribution is 2.32. The molecule has 0 aliphatic rings. The van der Waals surface area contributed by atoms with E-state index < -0.39 is 5.97 Å². The zero-order valence-corrected chi connectivity index (χ0v) is 17.4. The summed E-state index contributed by atoms with van der Waals surface area (Å²) in [6.07, 6.45) is 1.41. The van der Waals surface area contributed by atoms with Gasteiger partial charge in [0, 0.05) is 5.56 Å². The fraction of sp³-hybridized carbons (Fsp3) is 0.0400. The number of ether oxygens (including phenoxy) is 1. The first-order valence-corrected chi connectivity index (χ1v) is 10.2. The maximum Gasteiger partial charge on any atom is 0.335 e. The number of hydrogen-bond donors (Lipinski definition) is 2. The van der Waals surface area contributed by atoms with Crippen molar-refractivity contribution in [1.29, 1.82) is 0 Å². The molecule has 33 heavy (non-hydrogen) atoms. The molecule has 0 aliphatic carbocycles. The van der Waals surface area contributed by atoms with E-state index in [2.05, 4.69) is 9.97 Å². The van der Waals surface area contributed by atoms with Crippen molar-refractivity contribution in [2.45, 2.75) is 6.54 Å². The van der Waals surface area contributed by atoms with Crippen LogP contribution in [0.25, 0.3) is 22.3 Å². The summed E-state index contributed by atoms with van der Waals surface area (Å²) in [4.78, 5) is 19.6. The monoisotopic (exact) mass is 437 g/mol. The smallest absolute Gasteiger partial charge is 0.335 e. The maximum absolute atomic E-state index is 11.1. The van der Waals surface area contributed by atoms with Gasteiger partial charge in [0.1, 0.15) is 29.3 Å². The number of nitrogens with two attached hydrogens (primary N) is 1. The third kappa shape index (κ3) is 4.09. The molecule has 5 aromatic rings. The van der Waals surface area contributed by atoms with Crippen molar-refractivity contribution in [1.82, 2.24) is 19.7 Å². The highest BCUT2D eigenvalue weighted by atomic mass is 16.5. The van der Waals surface area contributed by atoms with Gasteiger partial charge < -0.3 is 15.6 Å². The molecule has 0 radical (unpaired) electrons. The third-order valence-corrected chi connectivity index (χ3v) is 5.20. The van der Waals surface area contributed by atoms with Crippen LogP contribution in [0, 0.1) is 0 Å². The quantitative estimate of drug-likeness (QED) is 0.398. The van der Waals surface area contributed by atoms with Gasteiger partial charge in [0.05, 0.1) is 17.5 Å². The molecule has 0 fully saturated rings. The second-order valence-electron chi connectivity index (χ2n) is 7.41. The first kappa shape index (κ1) is 20.2. The van der Waals surface area contributed by atoms with Crippen molar-refractivity contribution in [2.75, 3.05) is 5.73 Å². The number of rotatable bonds is 6. The molecule has 162 valence electrons. The first-order valence-electron chi connectivity index (χ1n) is 10.2. The van der Waals surface area contributed by atoms with Crippen LogP contribution in [0.5, 0.6) is 11.5 Å². The van der Waals surface area contributed by atoms with Gasteiger partial charge in [-0.3, -0.25) is 0 Å². The lowest BCUT2D eigenvalue weighted by Crippen LogP contribution is -2.04. The lowest BCUT2D eigenvalue weighted by atomic mass is 10.1. The summed E-state index contributed by atoms with van der Waals surface area (Å²) in [6, 6.07) is 23.8. The number of carbonyl (C=O) groups is 1. The molecule has 0 aliphatic heterocycles. The van der Waals surface area contributed by atoms with E-state index in [9.17, 15) is 4.79 Å². The lowest BCUT2D eigenvalue weighted by Gasteiger charge is -2.06. The number of nitrogens with zero attached hydrogens (tertiary/aromatic N) is 4. The van der Waals surface area contributed by atoms with Crippen LogP contribution in [-0.4, -0.2) is 30.8 Å². The van der Waals surface area contributed by atoms with Crippen molar-refractivity contribution in [3.8, 4) is 22.8 Å². The molecular formula is C25H19N5O3. The average Bonchev–Trinajstić information content (AvgIpc) is 3.20. The van der Waals surface area contributed by atoms with Gasteiger partial charge in [0.2, 0.25) is 0 Å². The molecule has 3 aromatic carbocycles. The van der Waals surface area contributed by atoms with Crippen LogP contribution >= 0.6 is 0 Å². The van der Waals surface area contributed by atoms with E-state index in [1.807, 2.05) is 54.6 Å². The van der Waals surface area contributed by atoms with Crippen LogP contribution in [-0.2, 0) is 6.54 Å². The van der Waals surface area contributed by atoms with E-state index in [-0.39, 0.29) is 5.56 Å². The van der Waals surface area contributed by atoms with Crippen LogP contribution < -0.4 is 10.5 Å². The van der Waals surface area contributed by atoms with Gasteiger partial charge in [-0.05, 0) is 54.1 Å². The number of aromatic nitrogens is 4. The fourth-order valence-electron chi connectivity index (χ4n) is 3.57. The van der Waals surface area contributed by atoms with Crippen LogP contribution in [0.2, 0.25) is 0 Å². The Bertz CT molecular complexity index is 1430. The number of para-hydroxylation sites is 1. The molecule has 0 spiro atoms. The molecule has 0 atom stereocenters. The van der Waals surface area contributed by atoms with E-state index >= 15 is 0 Å². The second kappa shape index (κ2) is 8.43. The van der Waals surface area contributed by atoms with Crippen molar-refractivity contribution in [3.05, 3.63) is 96.3 Å². The van der Waals surface area contributed by atoms with Gasteiger partial charge in [0.25, 0.3) is 0 Å². The highest BCUT2D eigenvalue weighted by molar-refractivity contribution is 5.98. The summed E-state index contributed by atoms with van der Waals surface area (Å²) in [6.45, 7) is 0.405. The number of carboxylic acids is 1. The van der Waals surface area contributed by atoms with Crippen molar-refractivity contribution >= 4 is 22.8 Å². The van der Waals surface area contributed by atoms with Crippen LogP contribution in [0.4, 0.5) is 5.82 Å².